The molecule has 2 aromatic rings. The number of amides is 2. The minimum absolute atomic E-state index is 0.0801. The Bertz CT molecular complexity index is 887. The van der Waals surface area contributed by atoms with Gasteiger partial charge in [-0.2, -0.15) is 0 Å². The fourth-order valence-corrected chi connectivity index (χ4v) is 4.03. The first-order valence-electron chi connectivity index (χ1n) is 10.7. The highest BCUT2D eigenvalue weighted by molar-refractivity contribution is 5.95. The molecule has 6 nitrogen and oxygen atoms in total. The van der Waals surface area contributed by atoms with Crippen LogP contribution in [-0.4, -0.2) is 61.0 Å². The van der Waals surface area contributed by atoms with Gasteiger partial charge in [-0.15, -0.1) is 0 Å². The summed E-state index contributed by atoms with van der Waals surface area (Å²) in [6.45, 7) is 6.25. The van der Waals surface area contributed by atoms with E-state index in [2.05, 4.69) is 16.3 Å². The van der Waals surface area contributed by atoms with E-state index in [-0.39, 0.29) is 11.8 Å². The first-order valence-corrected chi connectivity index (χ1v) is 10.7. The second kappa shape index (κ2) is 9.87. The number of likely N-dealkylation sites (tertiary alicyclic amines) is 1. The highest BCUT2D eigenvalue weighted by Crippen LogP contribution is 2.15. The summed E-state index contributed by atoms with van der Waals surface area (Å²) in [6, 6.07) is 15.3. The predicted molar refractivity (Wildman–Crippen MR) is 115 cm³/mol. The zero-order chi connectivity index (χ0) is 20.8. The number of benzene rings is 2. The summed E-state index contributed by atoms with van der Waals surface area (Å²) in [5.41, 5.74) is 3.40. The van der Waals surface area contributed by atoms with E-state index in [0.29, 0.717) is 17.7 Å². The third kappa shape index (κ3) is 5.26. The quantitative estimate of drug-likeness (QED) is 0.800. The largest absolute Gasteiger partial charge is 0.379 e. The lowest BCUT2D eigenvalue weighted by molar-refractivity contribution is 0.0342. The lowest BCUT2D eigenvalue weighted by atomic mass is 10.1. The van der Waals surface area contributed by atoms with Crippen LogP contribution in [0.5, 0.6) is 0 Å². The lowest BCUT2D eigenvalue weighted by Crippen LogP contribution is -2.35. The summed E-state index contributed by atoms with van der Waals surface area (Å²) >= 11 is 0. The van der Waals surface area contributed by atoms with E-state index in [4.69, 9.17) is 4.74 Å². The van der Waals surface area contributed by atoms with Gasteiger partial charge in [0, 0.05) is 50.4 Å². The number of carbonyl (C=O) groups is 2. The van der Waals surface area contributed by atoms with E-state index in [9.17, 15) is 9.59 Å². The average molecular weight is 408 g/mol. The molecule has 0 bridgehead atoms. The fraction of sp³-hybridized carbons (Fsp3) is 0.417. The summed E-state index contributed by atoms with van der Waals surface area (Å²) in [4.78, 5) is 29.5. The first kappa shape index (κ1) is 20.6. The number of hydrogen-bond donors (Lipinski definition) is 1. The van der Waals surface area contributed by atoms with Crippen LogP contribution in [0.25, 0.3) is 0 Å². The standard InChI is InChI=1S/C24H29N3O3/c28-23(21-7-4-6-20(16-21)18-26-11-13-30-14-12-26)25-17-19-5-3-8-22(15-19)24(29)27-9-1-2-10-27/h3-8,15-16H,1-2,9-14,17-18H2,(H,25,28). The second-order valence-corrected chi connectivity index (χ2v) is 7.97. The number of nitrogens with one attached hydrogen (secondary N) is 1. The van der Waals surface area contributed by atoms with Crippen LogP contribution < -0.4 is 5.32 Å². The Balaban J connectivity index is 1.34. The number of hydrogen-bond acceptors (Lipinski definition) is 4. The normalized spacial score (nSPS) is 17.1. The Hall–Kier alpha value is -2.70. The van der Waals surface area contributed by atoms with Crippen molar-refractivity contribution in [1.29, 1.82) is 0 Å². The molecular formula is C24H29N3O3. The molecule has 0 unspecified atom stereocenters. The molecule has 1 N–H and O–H groups in total. The van der Waals surface area contributed by atoms with Gasteiger partial charge in [-0.3, -0.25) is 14.5 Å². The third-order valence-electron chi connectivity index (χ3n) is 5.72. The van der Waals surface area contributed by atoms with Gasteiger partial charge >= 0.3 is 0 Å². The van der Waals surface area contributed by atoms with E-state index in [1.807, 2.05) is 47.4 Å². The second-order valence-electron chi connectivity index (χ2n) is 7.97. The maximum atomic E-state index is 12.7. The van der Waals surface area contributed by atoms with E-state index >= 15 is 0 Å². The zero-order valence-electron chi connectivity index (χ0n) is 17.3. The Morgan fingerprint density at radius 3 is 2.30 bits per heavy atom. The van der Waals surface area contributed by atoms with Crippen molar-refractivity contribution in [1.82, 2.24) is 15.1 Å². The minimum atomic E-state index is -0.102. The van der Waals surface area contributed by atoms with Crippen molar-refractivity contribution in [3.8, 4) is 0 Å². The number of ether oxygens (including phenoxy) is 1. The number of carbonyl (C=O) groups excluding carboxylic acids is 2. The number of nitrogens with zero attached hydrogens (tertiary/aromatic N) is 2. The van der Waals surface area contributed by atoms with Gasteiger partial charge in [0.25, 0.3) is 11.8 Å². The van der Waals surface area contributed by atoms with Crippen LogP contribution in [0.15, 0.2) is 48.5 Å². The molecule has 2 heterocycles. The molecule has 30 heavy (non-hydrogen) atoms. The molecule has 0 atom stereocenters. The van der Waals surface area contributed by atoms with Crippen molar-refractivity contribution >= 4 is 11.8 Å². The van der Waals surface area contributed by atoms with Gasteiger partial charge in [0.2, 0.25) is 0 Å². The van der Waals surface area contributed by atoms with Gasteiger partial charge < -0.3 is 15.0 Å². The maximum Gasteiger partial charge on any atom is 0.253 e. The summed E-state index contributed by atoms with van der Waals surface area (Å²) in [5, 5.41) is 2.98. The molecule has 0 aromatic heterocycles. The molecule has 6 heteroatoms. The highest BCUT2D eigenvalue weighted by atomic mass is 16.5. The predicted octanol–water partition coefficient (Wildman–Crippen LogP) is 2.68. The van der Waals surface area contributed by atoms with Crippen LogP contribution in [-0.2, 0) is 17.8 Å². The SMILES string of the molecule is O=C(NCc1cccc(C(=O)N2CCCC2)c1)c1cccc(CN2CCOCC2)c1. The molecule has 158 valence electrons. The maximum absolute atomic E-state index is 12.7. The Morgan fingerprint density at radius 2 is 1.53 bits per heavy atom. The van der Waals surface area contributed by atoms with Gasteiger partial charge in [0.15, 0.2) is 0 Å². The molecule has 0 saturated carbocycles. The van der Waals surface area contributed by atoms with Crippen LogP contribution in [0, 0.1) is 0 Å². The number of rotatable bonds is 6. The third-order valence-corrected chi connectivity index (χ3v) is 5.72. The lowest BCUT2D eigenvalue weighted by Gasteiger charge is -2.26. The van der Waals surface area contributed by atoms with E-state index in [1.54, 1.807) is 0 Å². The molecular weight excluding hydrogens is 378 g/mol. The molecule has 4 rings (SSSR count). The monoisotopic (exact) mass is 407 g/mol. The topological polar surface area (TPSA) is 61.9 Å². The molecule has 2 aliphatic heterocycles. The molecule has 0 aliphatic carbocycles. The van der Waals surface area contributed by atoms with Gasteiger partial charge in [0.05, 0.1) is 13.2 Å². The first-order chi connectivity index (χ1) is 14.7. The fourth-order valence-electron chi connectivity index (χ4n) is 4.03. The van der Waals surface area contributed by atoms with E-state index in [1.165, 1.54) is 0 Å². The Labute approximate surface area is 177 Å². The van der Waals surface area contributed by atoms with Gasteiger partial charge in [-0.05, 0) is 48.2 Å². The van der Waals surface area contributed by atoms with Crippen LogP contribution >= 0.6 is 0 Å². The summed E-state index contributed by atoms with van der Waals surface area (Å²) in [6.07, 6.45) is 2.15. The van der Waals surface area contributed by atoms with Crippen LogP contribution in [0.4, 0.5) is 0 Å². The molecule has 2 fully saturated rings. The van der Waals surface area contributed by atoms with Crippen LogP contribution in [0.3, 0.4) is 0 Å². The molecule has 2 aromatic carbocycles. The van der Waals surface area contributed by atoms with Gasteiger partial charge in [-0.25, -0.2) is 0 Å². The highest BCUT2D eigenvalue weighted by Gasteiger charge is 2.19. The molecule has 2 aliphatic rings. The smallest absolute Gasteiger partial charge is 0.253 e. The average Bonchev–Trinajstić information content (AvgIpc) is 3.33. The summed E-state index contributed by atoms with van der Waals surface area (Å²) < 4.78 is 5.40. The molecule has 0 spiro atoms. The molecule has 0 radical (unpaired) electrons. The molecule has 2 amide bonds. The zero-order valence-corrected chi connectivity index (χ0v) is 17.3. The van der Waals surface area contributed by atoms with Crippen molar-refractivity contribution in [2.75, 3.05) is 39.4 Å². The van der Waals surface area contributed by atoms with Crippen molar-refractivity contribution < 1.29 is 14.3 Å². The van der Waals surface area contributed by atoms with Crippen molar-refractivity contribution in [3.05, 3.63) is 70.8 Å². The molecule has 2 saturated heterocycles. The summed E-state index contributed by atoms with van der Waals surface area (Å²) in [5.74, 6) is -0.0217. The van der Waals surface area contributed by atoms with E-state index in [0.717, 1.165) is 69.9 Å². The van der Waals surface area contributed by atoms with Gasteiger partial charge in [-0.1, -0.05) is 24.3 Å². The summed E-state index contributed by atoms with van der Waals surface area (Å²) in [7, 11) is 0. The van der Waals surface area contributed by atoms with Crippen LogP contribution in [0.1, 0.15) is 44.7 Å². The van der Waals surface area contributed by atoms with Gasteiger partial charge in [0.1, 0.15) is 0 Å². The van der Waals surface area contributed by atoms with Crippen LogP contribution in [0.2, 0.25) is 0 Å². The Kier molecular flexibility index (Phi) is 6.77. The number of morpholine rings is 1. The Morgan fingerprint density at radius 1 is 0.867 bits per heavy atom. The van der Waals surface area contributed by atoms with E-state index < -0.39 is 0 Å². The van der Waals surface area contributed by atoms with Crippen molar-refractivity contribution in [3.63, 3.8) is 0 Å². The minimum Gasteiger partial charge on any atom is -0.379 e. The van der Waals surface area contributed by atoms with Crippen molar-refractivity contribution in [2.24, 2.45) is 0 Å². The van der Waals surface area contributed by atoms with Crippen molar-refractivity contribution in [2.45, 2.75) is 25.9 Å².